The van der Waals surface area contributed by atoms with Crippen LogP contribution in [-0.4, -0.2) is 10.7 Å². The summed E-state index contributed by atoms with van der Waals surface area (Å²) >= 11 is 7.37. The van der Waals surface area contributed by atoms with Crippen molar-refractivity contribution in [1.29, 1.82) is 0 Å². The minimum Gasteiger partial charge on any atom is -0.253 e. The number of thiazole rings is 1. The van der Waals surface area contributed by atoms with Gasteiger partial charge in [-0.2, -0.15) is 5.10 Å². The molecule has 1 N–H and O–H groups in total. The molecule has 96 valence electrons. The Morgan fingerprint density at radius 3 is 2.56 bits per heavy atom. The maximum absolute atomic E-state index is 5.84. The molecular formula is C12H13BrClN3S. The molecule has 0 spiro atoms. The summed E-state index contributed by atoms with van der Waals surface area (Å²) in [5.41, 5.74) is 5.86. The number of anilines is 1. The van der Waals surface area contributed by atoms with E-state index in [-0.39, 0.29) is 17.0 Å². The van der Waals surface area contributed by atoms with Gasteiger partial charge in [0.1, 0.15) is 0 Å². The SMILES string of the molecule is Br.CC(C)=NNc1nc(-c2ccc(Cl)cc2)cs1. The van der Waals surface area contributed by atoms with Crippen LogP contribution in [0.25, 0.3) is 11.3 Å². The Bertz CT molecular complexity index is 533. The van der Waals surface area contributed by atoms with Gasteiger partial charge in [0, 0.05) is 21.7 Å². The second kappa shape index (κ2) is 6.87. The van der Waals surface area contributed by atoms with Crippen LogP contribution in [0, 0.1) is 0 Å². The smallest absolute Gasteiger partial charge is 0.203 e. The Labute approximate surface area is 126 Å². The molecule has 6 heteroatoms. The van der Waals surface area contributed by atoms with Crippen molar-refractivity contribution in [3.8, 4) is 11.3 Å². The van der Waals surface area contributed by atoms with Crippen LogP contribution in [0.3, 0.4) is 0 Å². The number of aromatic nitrogens is 1. The van der Waals surface area contributed by atoms with E-state index >= 15 is 0 Å². The highest BCUT2D eigenvalue weighted by molar-refractivity contribution is 8.93. The number of nitrogens with one attached hydrogen (secondary N) is 1. The molecule has 0 aliphatic rings. The molecule has 2 rings (SSSR count). The molecule has 3 nitrogen and oxygen atoms in total. The van der Waals surface area contributed by atoms with Crippen molar-refractivity contribution in [1.82, 2.24) is 4.98 Å². The maximum atomic E-state index is 5.84. The van der Waals surface area contributed by atoms with Crippen LogP contribution < -0.4 is 5.43 Å². The molecule has 1 aromatic carbocycles. The zero-order valence-electron chi connectivity index (χ0n) is 9.98. The van der Waals surface area contributed by atoms with E-state index in [0.29, 0.717) is 0 Å². The first-order chi connectivity index (χ1) is 8.15. The molecule has 0 aliphatic carbocycles. The van der Waals surface area contributed by atoms with Crippen molar-refractivity contribution >= 4 is 50.8 Å². The molecule has 1 heterocycles. The van der Waals surface area contributed by atoms with Crippen molar-refractivity contribution < 1.29 is 0 Å². The Balaban J connectivity index is 0.00000162. The number of hydrogen-bond donors (Lipinski definition) is 1. The molecular weight excluding hydrogens is 334 g/mol. The van der Waals surface area contributed by atoms with E-state index in [2.05, 4.69) is 15.5 Å². The number of hydrazone groups is 1. The fraction of sp³-hybridized carbons (Fsp3) is 0.167. The molecule has 0 saturated heterocycles. The first-order valence-electron chi connectivity index (χ1n) is 5.13. The Morgan fingerprint density at radius 1 is 1.28 bits per heavy atom. The van der Waals surface area contributed by atoms with E-state index in [9.17, 15) is 0 Å². The number of rotatable bonds is 3. The monoisotopic (exact) mass is 345 g/mol. The number of nitrogens with zero attached hydrogens (tertiary/aromatic N) is 2. The predicted octanol–water partition coefficient (Wildman–Crippen LogP) is 4.85. The van der Waals surface area contributed by atoms with Crippen LogP contribution in [0.2, 0.25) is 5.02 Å². The van der Waals surface area contributed by atoms with Gasteiger partial charge in [0.05, 0.1) is 5.69 Å². The third-order valence-electron chi connectivity index (χ3n) is 2.02. The summed E-state index contributed by atoms with van der Waals surface area (Å²) in [6.45, 7) is 3.86. The Hall–Kier alpha value is -0.910. The second-order valence-electron chi connectivity index (χ2n) is 3.72. The highest BCUT2D eigenvalue weighted by Gasteiger charge is 2.03. The summed E-state index contributed by atoms with van der Waals surface area (Å²) in [5, 5.41) is 7.62. The van der Waals surface area contributed by atoms with Crippen LogP contribution in [0.4, 0.5) is 5.13 Å². The summed E-state index contributed by atoms with van der Waals surface area (Å²) in [5.74, 6) is 0. The standard InChI is InChI=1S/C12H12ClN3S.BrH/c1-8(2)15-16-12-14-11(7-17-12)9-3-5-10(13)6-4-9;/h3-7H,1-2H3,(H,14,16);1H. The van der Waals surface area contributed by atoms with E-state index in [4.69, 9.17) is 11.6 Å². The number of hydrogen-bond acceptors (Lipinski definition) is 4. The van der Waals surface area contributed by atoms with Gasteiger partial charge >= 0.3 is 0 Å². The highest BCUT2D eigenvalue weighted by atomic mass is 79.9. The van der Waals surface area contributed by atoms with Crippen LogP contribution in [0.1, 0.15) is 13.8 Å². The van der Waals surface area contributed by atoms with Crippen molar-refractivity contribution in [3.63, 3.8) is 0 Å². The molecule has 0 saturated carbocycles. The summed E-state index contributed by atoms with van der Waals surface area (Å²) < 4.78 is 0. The van der Waals surface area contributed by atoms with Gasteiger partial charge in [-0.05, 0) is 26.0 Å². The molecule has 0 radical (unpaired) electrons. The lowest BCUT2D eigenvalue weighted by Gasteiger charge is -1.96. The van der Waals surface area contributed by atoms with E-state index < -0.39 is 0 Å². The van der Waals surface area contributed by atoms with E-state index in [1.165, 1.54) is 11.3 Å². The van der Waals surface area contributed by atoms with Crippen LogP contribution in [0.15, 0.2) is 34.7 Å². The van der Waals surface area contributed by atoms with Gasteiger partial charge in [-0.15, -0.1) is 28.3 Å². The molecule has 1 aromatic heterocycles. The van der Waals surface area contributed by atoms with Gasteiger partial charge < -0.3 is 0 Å². The zero-order chi connectivity index (χ0) is 12.3. The lowest BCUT2D eigenvalue weighted by molar-refractivity contribution is 1.27. The van der Waals surface area contributed by atoms with E-state index in [1.807, 2.05) is 43.5 Å². The lowest BCUT2D eigenvalue weighted by Crippen LogP contribution is -1.92. The molecule has 2 aromatic rings. The zero-order valence-corrected chi connectivity index (χ0v) is 13.3. The maximum Gasteiger partial charge on any atom is 0.203 e. The second-order valence-corrected chi connectivity index (χ2v) is 5.01. The van der Waals surface area contributed by atoms with E-state index in [1.54, 1.807) is 0 Å². The fourth-order valence-electron chi connectivity index (χ4n) is 1.24. The fourth-order valence-corrected chi connectivity index (χ4v) is 2.03. The predicted molar refractivity (Wildman–Crippen MR) is 85.3 cm³/mol. The quantitative estimate of drug-likeness (QED) is 0.637. The third kappa shape index (κ3) is 4.08. The lowest BCUT2D eigenvalue weighted by atomic mass is 10.2. The van der Waals surface area contributed by atoms with Gasteiger partial charge in [0.25, 0.3) is 0 Å². The van der Waals surface area contributed by atoms with Crippen molar-refractivity contribution in [2.24, 2.45) is 5.10 Å². The minimum atomic E-state index is 0. The third-order valence-corrected chi connectivity index (χ3v) is 3.02. The van der Waals surface area contributed by atoms with Crippen LogP contribution in [0.5, 0.6) is 0 Å². The Morgan fingerprint density at radius 2 is 1.94 bits per heavy atom. The van der Waals surface area contributed by atoms with Gasteiger partial charge in [0.15, 0.2) is 0 Å². The summed E-state index contributed by atoms with van der Waals surface area (Å²) in [4.78, 5) is 4.44. The molecule has 0 aliphatic heterocycles. The topological polar surface area (TPSA) is 37.3 Å². The summed E-state index contributed by atoms with van der Waals surface area (Å²) in [6.07, 6.45) is 0. The van der Waals surface area contributed by atoms with E-state index in [0.717, 1.165) is 27.1 Å². The van der Waals surface area contributed by atoms with Crippen LogP contribution >= 0.6 is 39.9 Å². The Kier molecular flexibility index (Phi) is 5.78. The molecule has 0 amide bonds. The van der Waals surface area contributed by atoms with Crippen molar-refractivity contribution in [2.45, 2.75) is 13.8 Å². The van der Waals surface area contributed by atoms with Gasteiger partial charge in [-0.1, -0.05) is 23.7 Å². The molecule has 0 fully saturated rings. The molecule has 18 heavy (non-hydrogen) atoms. The largest absolute Gasteiger partial charge is 0.253 e. The number of halogens is 2. The first-order valence-corrected chi connectivity index (χ1v) is 6.39. The molecule has 0 atom stereocenters. The van der Waals surface area contributed by atoms with Crippen molar-refractivity contribution in [3.05, 3.63) is 34.7 Å². The van der Waals surface area contributed by atoms with Gasteiger partial charge in [0.2, 0.25) is 5.13 Å². The molecule has 0 unspecified atom stereocenters. The van der Waals surface area contributed by atoms with Gasteiger partial charge in [-0.25, -0.2) is 4.98 Å². The summed E-state index contributed by atoms with van der Waals surface area (Å²) in [7, 11) is 0. The summed E-state index contributed by atoms with van der Waals surface area (Å²) in [6, 6.07) is 7.63. The normalized spacial score (nSPS) is 9.50. The first kappa shape index (κ1) is 15.1. The molecule has 0 bridgehead atoms. The number of benzene rings is 1. The van der Waals surface area contributed by atoms with Crippen molar-refractivity contribution in [2.75, 3.05) is 5.43 Å². The van der Waals surface area contributed by atoms with Crippen LogP contribution in [-0.2, 0) is 0 Å². The van der Waals surface area contributed by atoms with Gasteiger partial charge in [-0.3, -0.25) is 5.43 Å². The average molecular weight is 347 g/mol. The highest BCUT2D eigenvalue weighted by Crippen LogP contribution is 2.25. The minimum absolute atomic E-state index is 0. The average Bonchev–Trinajstić information content (AvgIpc) is 2.76.